The Morgan fingerprint density at radius 2 is 2.43 bits per heavy atom. The van der Waals surface area contributed by atoms with Crippen LogP contribution >= 0.6 is 15.9 Å². The van der Waals surface area contributed by atoms with Gasteiger partial charge in [-0.25, -0.2) is 9.48 Å². The standard InChI is InChI=1S/C8H6BrN3O2/c9-6-3-5(7(13)14)12(11-6)8(4-10)1-2-8/h3H,1-2H2,(H,13,14). The highest BCUT2D eigenvalue weighted by atomic mass is 79.9. The minimum atomic E-state index is -1.07. The van der Waals surface area contributed by atoms with Gasteiger partial charge in [0.1, 0.15) is 15.8 Å². The Morgan fingerprint density at radius 1 is 1.79 bits per heavy atom. The summed E-state index contributed by atoms with van der Waals surface area (Å²) in [7, 11) is 0. The van der Waals surface area contributed by atoms with Crippen LogP contribution in [0.15, 0.2) is 10.7 Å². The van der Waals surface area contributed by atoms with Crippen LogP contribution in [-0.2, 0) is 5.54 Å². The van der Waals surface area contributed by atoms with Gasteiger partial charge in [-0.2, -0.15) is 10.4 Å². The lowest BCUT2D eigenvalue weighted by Crippen LogP contribution is -2.21. The molecular weight excluding hydrogens is 250 g/mol. The van der Waals surface area contributed by atoms with Gasteiger partial charge < -0.3 is 5.11 Å². The summed E-state index contributed by atoms with van der Waals surface area (Å²) < 4.78 is 1.73. The summed E-state index contributed by atoms with van der Waals surface area (Å²) in [5, 5.41) is 21.7. The van der Waals surface area contributed by atoms with E-state index in [0.29, 0.717) is 17.4 Å². The third kappa shape index (κ3) is 1.21. The molecule has 14 heavy (non-hydrogen) atoms. The SMILES string of the molecule is N#CC1(n2nc(Br)cc2C(=O)O)CC1. The van der Waals surface area contributed by atoms with Gasteiger partial charge >= 0.3 is 5.97 Å². The number of rotatable bonds is 2. The van der Waals surface area contributed by atoms with E-state index in [-0.39, 0.29) is 5.69 Å². The number of nitriles is 1. The van der Waals surface area contributed by atoms with Crippen molar-refractivity contribution in [2.45, 2.75) is 18.4 Å². The van der Waals surface area contributed by atoms with E-state index in [9.17, 15) is 4.79 Å². The summed E-state index contributed by atoms with van der Waals surface area (Å²) >= 11 is 3.10. The van der Waals surface area contributed by atoms with Crippen molar-refractivity contribution >= 4 is 21.9 Å². The zero-order valence-corrected chi connectivity index (χ0v) is 8.65. The second kappa shape index (κ2) is 2.82. The molecule has 1 aliphatic carbocycles. The van der Waals surface area contributed by atoms with Crippen LogP contribution in [0.2, 0.25) is 0 Å². The van der Waals surface area contributed by atoms with E-state index in [1.54, 1.807) is 0 Å². The highest BCUT2D eigenvalue weighted by Crippen LogP contribution is 2.43. The van der Waals surface area contributed by atoms with Crippen LogP contribution < -0.4 is 0 Å². The maximum atomic E-state index is 10.8. The van der Waals surface area contributed by atoms with Gasteiger partial charge in [0.2, 0.25) is 0 Å². The van der Waals surface area contributed by atoms with E-state index in [1.807, 2.05) is 0 Å². The largest absolute Gasteiger partial charge is 0.477 e. The van der Waals surface area contributed by atoms with E-state index < -0.39 is 11.5 Å². The van der Waals surface area contributed by atoms with Gasteiger partial charge in [0, 0.05) is 6.07 Å². The molecule has 1 aromatic heterocycles. The van der Waals surface area contributed by atoms with Gasteiger partial charge in [-0.3, -0.25) is 0 Å². The minimum Gasteiger partial charge on any atom is -0.477 e. The smallest absolute Gasteiger partial charge is 0.354 e. The lowest BCUT2D eigenvalue weighted by molar-refractivity contribution is 0.0681. The number of hydrogen-bond donors (Lipinski definition) is 1. The van der Waals surface area contributed by atoms with Crippen molar-refractivity contribution in [1.82, 2.24) is 9.78 Å². The van der Waals surface area contributed by atoms with E-state index in [0.717, 1.165) is 0 Å². The van der Waals surface area contributed by atoms with Gasteiger partial charge in [-0.05, 0) is 28.8 Å². The molecule has 0 spiro atoms. The van der Waals surface area contributed by atoms with Crippen molar-refractivity contribution in [1.29, 1.82) is 5.26 Å². The first kappa shape index (κ1) is 9.21. The quantitative estimate of drug-likeness (QED) is 0.866. The van der Waals surface area contributed by atoms with Crippen LogP contribution in [0.25, 0.3) is 0 Å². The molecule has 2 rings (SSSR count). The highest BCUT2D eigenvalue weighted by Gasteiger charge is 2.48. The maximum Gasteiger partial charge on any atom is 0.354 e. The third-order valence-electron chi connectivity index (χ3n) is 2.24. The molecule has 72 valence electrons. The van der Waals surface area contributed by atoms with Gasteiger partial charge in [0.25, 0.3) is 0 Å². The molecule has 0 aromatic carbocycles. The fourth-order valence-electron chi connectivity index (χ4n) is 1.32. The fraction of sp³-hybridized carbons (Fsp3) is 0.375. The molecular formula is C8H6BrN3O2. The molecule has 0 radical (unpaired) electrons. The molecule has 0 amide bonds. The Balaban J connectivity index is 2.53. The molecule has 0 aliphatic heterocycles. The van der Waals surface area contributed by atoms with Crippen molar-refractivity contribution in [3.63, 3.8) is 0 Å². The van der Waals surface area contributed by atoms with Gasteiger partial charge in [-0.1, -0.05) is 0 Å². The summed E-state index contributed by atoms with van der Waals surface area (Å²) in [6, 6.07) is 3.50. The number of nitrogens with zero attached hydrogens (tertiary/aromatic N) is 3. The van der Waals surface area contributed by atoms with E-state index in [4.69, 9.17) is 10.4 Å². The molecule has 1 aliphatic rings. The lowest BCUT2D eigenvalue weighted by Gasteiger charge is -2.07. The number of hydrogen-bond acceptors (Lipinski definition) is 3. The molecule has 0 unspecified atom stereocenters. The molecule has 0 saturated heterocycles. The number of aromatic carboxylic acids is 1. The normalized spacial score (nSPS) is 17.4. The number of halogens is 1. The van der Waals surface area contributed by atoms with Crippen LogP contribution in [0.3, 0.4) is 0 Å². The second-order valence-electron chi connectivity index (χ2n) is 3.21. The van der Waals surface area contributed by atoms with Crippen molar-refractivity contribution in [2.75, 3.05) is 0 Å². The topological polar surface area (TPSA) is 78.9 Å². The van der Waals surface area contributed by atoms with Crippen molar-refractivity contribution < 1.29 is 9.90 Å². The summed E-state index contributed by atoms with van der Waals surface area (Å²) in [5.41, 5.74) is -0.671. The minimum absolute atomic E-state index is 0.0518. The molecule has 0 atom stereocenters. The monoisotopic (exact) mass is 255 g/mol. The number of carbonyl (C=O) groups is 1. The van der Waals surface area contributed by atoms with Gasteiger partial charge in [-0.15, -0.1) is 0 Å². The summed E-state index contributed by atoms with van der Waals surface area (Å²) in [6.07, 6.45) is 1.33. The molecule has 1 heterocycles. The third-order valence-corrected chi connectivity index (χ3v) is 2.62. The Kier molecular flexibility index (Phi) is 1.86. The van der Waals surface area contributed by atoms with Gasteiger partial charge in [0.15, 0.2) is 0 Å². The predicted molar refractivity (Wildman–Crippen MR) is 49.7 cm³/mol. The summed E-state index contributed by atoms with van der Waals surface area (Å²) in [6.45, 7) is 0. The first-order chi connectivity index (χ1) is 6.59. The first-order valence-corrected chi connectivity index (χ1v) is 4.79. The zero-order valence-electron chi connectivity index (χ0n) is 7.07. The molecule has 1 N–H and O–H groups in total. The van der Waals surface area contributed by atoms with E-state index >= 15 is 0 Å². The lowest BCUT2D eigenvalue weighted by atomic mass is 10.3. The van der Waals surface area contributed by atoms with E-state index in [1.165, 1.54) is 10.7 Å². The van der Waals surface area contributed by atoms with Crippen LogP contribution in [0.1, 0.15) is 23.3 Å². The Morgan fingerprint density at radius 3 is 2.86 bits per heavy atom. The molecule has 5 nitrogen and oxygen atoms in total. The Bertz CT molecular complexity index is 442. The second-order valence-corrected chi connectivity index (χ2v) is 4.03. The molecule has 6 heteroatoms. The Labute approximate surface area is 88.1 Å². The van der Waals surface area contributed by atoms with Crippen molar-refractivity contribution in [3.05, 3.63) is 16.4 Å². The van der Waals surface area contributed by atoms with Crippen molar-refractivity contribution in [3.8, 4) is 6.07 Å². The van der Waals surface area contributed by atoms with Crippen LogP contribution in [0.5, 0.6) is 0 Å². The molecule has 1 fully saturated rings. The summed E-state index contributed by atoms with van der Waals surface area (Å²) in [5.74, 6) is -1.07. The first-order valence-electron chi connectivity index (χ1n) is 4.00. The van der Waals surface area contributed by atoms with Crippen LogP contribution in [0.4, 0.5) is 0 Å². The molecule has 1 aromatic rings. The summed E-state index contributed by atoms with van der Waals surface area (Å²) in [4.78, 5) is 10.8. The number of carboxylic acids is 1. The van der Waals surface area contributed by atoms with Crippen LogP contribution in [-0.4, -0.2) is 20.9 Å². The molecule has 1 saturated carbocycles. The number of aromatic nitrogens is 2. The average Bonchev–Trinajstić information content (AvgIpc) is 2.84. The number of carboxylic acid groups (broad SMARTS) is 1. The zero-order chi connectivity index (χ0) is 10.3. The Hall–Kier alpha value is -1.35. The maximum absolute atomic E-state index is 10.8. The van der Waals surface area contributed by atoms with Crippen molar-refractivity contribution in [2.24, 2.45) is 0 Å². The van der Waals surface area contributed by atoms with Crippen LogP contribution in [0, 0.1) is 11.3 Å². The van der Waals surface area contributed by atoms with E-state index in [2.05, 4.69) is 27.1 Å². The molecule has 0 bridgehead atoms. The fourth-order valence-corrected chi connectivity index (χ4v) is 1.70. The van der Waals surface area contributed by atoms with Gasteiger partial charge in [0.05, 0.1) is 6.07 Å². The predicted octanol–water partition coefficient (Wildman–Crippen LogP) is 1.36. The average molecular weight is 256 g/mol. The highest BCUT2D eigenvalue weighted by molar-refractivity contribution is 9.10.